The van der Waals surface area contributed by atoms with Gasteiger partial charge in [-0.25, -0.2) is 18.1 Å². The fourth-order valence-electron chi connectivity index (χ4n) is 12.0. The van der Waals surface area contributed by atoms with Gasteiger partial charge in [0.1, 0.15) is 34.6 Å². The number of piperidine rings is 1. The number of nitro benzene ring substituents is 1. The van der Waals surface area contributed by atoms with Gasteiger partial charge >= 0.3 is 0 Å². The zero-order valence-corrected chi connectivity index (χ0v) is 49.4. The number of carbonyl (C=O) groups is 5. The molecular weight excluding hydrogens is 1170 g/mol. The topological polar surface area (TPSA) is 280 Å². The molecule has 23 nitrogen and oxygen atoms in total. The molecule has 5 amide bonds. The van der Waals surface area contributed by atoms with E-state index in [1.807, 2.05) is 42.5 Å². The Bertz CT molecular complexity index is 3960. The molecule has 7 aromatic rings. The number of hydrogen-bond acceptors (Lipinski definition) is 18. The molecule has 25 heteroatoms. The lowest BCUT2D eigenvalue weighted by molar-refractivity contribution is -0.384. The molecular formula is C63H64ClN11O12S. The number of nitro groups is 1. The standard InChI is InChI=1S/C63H64ClN11O12S/c64-43-10-8-41(9-11-43)47-4-2-7-55(86-38-40-35-72(36-40)23-3-21-65-52-6-1-5-49-58(52)63(80)74(62(49)79)53-16-17-57(76)69-61(53)78)50(47)37-71-24-26-73(27-25-71)44-12-14-48(56(31-44)87-45-30-42-18-22-66-59(42)68-34-45)60(77)70-88(83,84)46-13-15-51(54(32-46)75(81)82)67-33-39-19-28-85-29-20-39/h1-2,4-15,18,22,30-32,34,39-40,53,65,67H,3,16-17,19-21,23-29,33,35-38H2,(H,66,68)(H,70,77)(H,69,76,78). The van der Waals surface area contributed by atoms with Crippen LogP contribution < -0.4 is 35.0 Å². The van der Waals surface area contributed by atoms with Crippen molar-refractivity contribution in [1.82, 2.24) is 34.7 Å². The van der Waals surface area contributed by atoms with Gasteiger partial charge in [-0.15, -0.1) is 0 Å². The van der Waals surface area contributed by atoms with Gasteiger partial charge in [0.15, 0.2) is 0 Å². The zero-order valence-electron chi connectivity index (χ0n) is 47.9. The number of sulfonamides is 1. The van der Waals surface area contributed by atoms with E-state index >= 15 is 0 Å². The lowest BCUT2D eigenvalue weighted by Crippen LogP contribution is -2.54. The quantitative estimate of drug-likeness (QED) is 0.0186. The molecule has 5 aromatic carbocycles. The number of nitrogens with zero attached hydrogens (tertiary/aromatic N) is 6. The number of halogens is 1. The molecule has 2 aromatic heterocycles. The van der Waals surface area contributed by atoms with Gasteiger partial charge in [-0.05, 0) is 116 Å². The predicted molar refractivity (Wildman–Crippen MR) is 328 cm³/mol. The number of pyridine rings is 1. The van der Waals surface area contributed by atoms with Gasteiger partial charge in [0.05, 0.1) is 39.3 Å². The summed E-state index contributed by atoms with van der Waals surface area (Å²) in [5, 5.41) is 22.3. The van der Waals surface area contributed by atoms with Crippen LogP contribution in [0.2, 0.25) is 5.02 Å². The number of aromatic amines is 1. The molecule has 456 valence electrons. The van der Waals surface area contributed by atoms with Crippen LogP contribution in [-0.2, 0) is 30.9 Å². The van der Waals surface area contributed by atoms with Gasteiger partial charge in [-0.3, -0.25) is 49.2 Å². The molecule has 12 rings (SSSR count). The van der Waals surface area contributed by atoms with Gasteiger partial charge in [0, 0.05) is 130 Å². The first-order valence-corrected chi connectivity index (χ1v) is 31.2. The number of likely N-dealkylation sites (tertiary alicyclic amines) is 1. The maximum Gasteiger partial charge on any atom is 0.293 e. The second-order valence-electron chi connectivity index (χ2n) is 22.6. The summed E-state index contributed by atoms with van der Waals surface area (Å²) in [4.78, 5) is 91.8. The van der Waals surface area contributed by atoms with Crippen LogP contribution in [0.15, 0.2) is 126 Å². The highest BCUT2D eigenvalue weighted by atomic mass is 35.5. The number of piperazine rings is 1. The molecule has 7 heterocycles. The maximum atomic E-state index is 14.1. The first kappa shape index (κ1) is 59.4. The van der Waals surface area contributed by atoms with E-state index in [-0.39, 0.29) is 46.9 Å². The van der Waals surface area contributed by atoms with Crippen LogP contribution in [0.5, 0.6) is 17.2 Å². The normalized spacial score (nSPS) is 17.8. The van der Waals surface area contributed by atoms with Gasteiger partial charge in [0.25, 0.3) is 33.4 Å². The number of rotatable bonds is 22. The molecule has 88 heavy (non-hydrogen) atoms. The largest absolute Gasteiger partial charge is 0.493 e. The molecule has 4 saturated heterocycles. The molecule has 5 aliphatic rings. The number of fused-ring (bicyclic) bond motifs is 2. The Kier molecular flexibility index (Phi) is 17.4. The van der Waals surface area contributed by atoms with E-state index in [1.54, 1.807) is 42.6 Å². The Morgan fingerprint density at radius 2 is 1.60 bits per heavy atom. The fourth-order valence-corrected chi connectivity index (χ4v) is 13.1. The molecule has 0 saturated carbocycles. The molecule has 1 atom stereocenters. The monoisotopic (exact) mass is 1230 g/mol. The van der Waals surface area contributed by atoms with E-state index in [2.05, 4.69) is 51.4 Å². The van der Waals surface area contributed by atoms with E-state index in [9.17, 15) is 42.5 Å². The number of anilines is 3. The van der Waals surface area contributed by atoms with Crippen LogP contribution in [0.4, 0.5) is 22.7 Å². The van der Waals surface area contributed by atoms with Crippen molar-refractivity contribution >= 4 is 84.9 Å². The summed E-state index contributed by atoms with van der Waals surface area (Å²) in [6.07, 6.45) is 5.74. The summed E-state index contributed by atoms with van der Waals surface area (Å²) >= 11 is 6.36. The van der Waals surface area contributed by atoms with E-state index in [1.165, 1.54) is 24.4 Å². The van der Waals surface area contributed by atoms with Crippen molar-refractivity contribution in [2.45, 2.75) is 49.6 Å². The molecule has 1 unspecified atom stereocenters. The van der Waals surface area contributed by atoms with Crippen LogP contribution in [-0.4, -0.2) is 152 Å². The number of aromatic nitrogens is 2. The van der Waals surface area contributed by atoms with E-state index in [0.29, 0.717) is 93.7 Å². The van der Waals surface area contributed by atoms with Gasteiger partial charge in [0.2, 0.25) is 11.8 Å². The molecule has 0 radical (unpaired) electrons. The van der Waals surface area contributed by atoms with Crippen molar-refractivity contribution in [3.63, 3.8) is 0 Å². The number of imide groups is 2. The first-order valence-electron chi connectivity index (χ1n) is 29.3. The van der Waals surface area contributed by atoms with Gasteiger partial charge in [-0.1, -0.05) is 41.9 Å². The van der Waals surface area contributed by atoms with Crippen molar-refractivity contribution in [3.05, 3.63) is 159 Å². The molecule has 5 N–H and O–H groups in total. The number of benzene rings is 5. The number of H-pyrrole nitrogens is 1. The predicted octanol–water partition coefficient (Wildman–Crippen LogP) is 8.08. The van der Waals surface area contributed by atoms with Gasteiger partial charge in [-0.2, -0.15) is 0 Å². The minimum absolute atomic E-state index is 0.0487. The van der Waals surface area contributed by atoms with Crippen LogP contribution in [0.1, 0.15) is 68.7 Å². The summed E-state index contributed by atoms with van der Waals surface area (Å²) in [5.41, 5.74) is 5.04. The molecule has 4 fully saturated rings. The fraction of sp³-hybridized carbons (Fsp3) is 0.333. The Morgan fingerprint density at radius 1 is 0.818 bits per heavy atom. The van der Waals surface area contributed by atoms with Crippen LogP contribution in [0, 0.1) is 22.0 Å². The average molecular weight is 1230 g/mol. The van der Waals surface area contributed by atoms with Crippen LogP contribution in [0.25, 0.3) is 22.2 Å². The number of hydrogen-bond donors (Lipinski definition) is 5. The van der Waals surface area contributed by atoms with Crippen molar-refractivity contribution in [2.75, 3.05) is 94.3 Å². The third-order valence-corrected chi connectivity index (χ3v) is 18.4. The second kappa shape index (κ2) is 25.8. The van der Waals surface area contributed by atoms with Crippen molar-refractivity contribution in [1.29, 1.82) is 0 Å². The molecule has 0 spiro atoms. The van der Waals surface area contributed by atoms with Crippen LogP contribution in [0.3, 0.4) is 0 Å². The molecule has 0 bridgehead atoms. The highest BCUT2D eigenvalue weighted by Gasteiger charge is 2.46. The van der Waals surface area contributed by atoms with Crippen molar-refractivity contribution in [3.8, 4) is 28.4 Å². The van der Waals surface area contributed by atoms with Crippen molar-refractivity contribution in [2.24, 2.45) is 11.8 Å². The molecule has 0 aliphatic carbocycles. The summed E-state index contributed by atoms with van der Waals surface area (Å²) < 4.78 is 48.3. The van der Waals surface area contributed by atoms with Crippen LogP contribution >= 0.6 is 11.6 Å². The lowest BCUT2D eigenvalue weighted by atomic mass is 9.97. The first-order chi connectivity index (χ1) is 42.6. The third-order valence-electron chi connectivity index (χ3n) is 16.8. The van der Waals surface area contributed by atoms with E-state index in [4.69, 9.17) is 25.8 Å². The number of amides is 5. The second-order valence-corrected chi connectivity index (χ2v) is 24.7. The lowest BCUT2D eigenvalue weighted by Gasteiger charge is -2.39. The highest BCUT2D eigenvalue weighted by Crippen LogP contribution is 2.38. The summed E-state index contributed by atoms with van der Waals surface area (Å²) in [7, 11) is -4.63. The van der Waals surface area contributed by atoms with E-state index in [0.717, 1.165) is 83.4 Å². The number of ether oxygens (including phenoxy) is 3. The van der Waals surface area contributed by atoms with E-state index < -0.39 is 61.1 Å². The SMILES string of the molecule is O=C1CCC(N2C(=O)c3cccc(NCCCN4CC(COc5cccc(-c6ccc(Cl)cc6)c5CN5CCN(c6ccc(C(=O)NS(=O)(=O)c7ccc(NCC8CCOCC8)c([N+](=O)[O-])c7)c(Oc7cnc8[nH]ccc8c7)c6)CC5)C4)c3C2=O)C(=O)N1. The third kappa shape index (κ3) is 13.0. The summed E-state index contributed by atoms with van der Waals surface area (Å²) in [6, 6.07) is 29.9. The molecule has 5 aliphatic heterocycles. The summed E-state index contributed by atoms with van der Waals surface area (Å²) in [6.45, 7) is 8.29. The number of carbonyl (C=O) groups excluding carboxylic acids is 5. The minimum atomic E-state index is -4.63. The Balaban J connectivity index is 0.683. The highest BCUT2D eigenvalue weighted by molar-refractivity contribution is 7.90. The maximum absolute atomic E-state index is 14.1. The Morgan fingerprint density at radius 3 is 2.39 bits per heavy atom. The smallest absolute Gasteiger partial charge is 0.293 e. The Labute approximate surface area is 511 Å². The number of nitrogens with one attached hydrogen (secondary N) is 5. The Hall–Kier alpha value is -8.94. The average Bonchev–Trinajstić information content (AvgIpc) is 2.62. The van der Waals surface area contributed by atoms with Crippen molar-refractivity contribution < 1.29 is 51.5 Å². The van der Waals surface area contributed by atoms with Gasteiger partial charge < -0.3 is 39.6 Å². The minimum Gasteiger partial charge on any atom is -0.493 e. The summed E-state index contributed by atoms with van der Waals surface area (Å²) in [5.74, 6) is -1.47. The zero-order chi connectivity index (χ0) is 61.1.